The van der Waals surface area contributed by atoms with E-state index >= 15 is 0 Å². The van der Waals surface area contributed by atoms with E-state index in [-0.39, 0.29) is 0 Å². The van der Waals surface area contributed by atoms with Gasteiger partial charge in [0.2, 0.25) is 0 Å². The molecule has 1 aliphatic heterocycles. The molecular formula is C16H21N3OS. The van der Waals surface area contributed by atoms with E-state index in [2.05, 4.69) is 39.5 Å². The van der Waals surface area contributed by atoms with Crippen LogP contribution in [-0.2, 0) is 17.7 Å². The standard InChI is InChI=1S/C16H21N3OS/c1-20-10-8-17-11-14-12-18-16(21-14)19-9-4-6-13-5-2-3-7-15(13)19/h2-3,5,7,12,17H,4,6,8-11H2,1H3. The SMILES string of the molecule is COCCNCc1cnc(N2CCCc3ccccc32)s1. The number of hydrogen-bond acceptors (Lipinski definition) is 5. The van der Waals surface area contributed by atoms with Crippen LogP contribution in [0.15, 0.2) is 30.5 Å². The van der Waals surface area contributed by atoms with Crippen molar-refractivity contribution < 1.29 is 4.74 Å². The highest BCUT2D eigenvalue weighted by molar-refractivity contribution is 7.15. The third-order valence-corrected chi connectivity index (χ3v) is 4.69. The van der Waals surface area contributed by atoms with Gasteiger partial charge in [-0.05, 0) is 24.5 Å². The van der Waals surface area contributed by atoms with Crippen LogP contribution in [0.3, 0.4) is 0 Å². The van der Waals surface area contributed by atoms with E-state index in [1.807, 2.05) is 6.20 Å². The van der Waals surface area contributed by atoms with Gasteiger partial charge < -0.3 is 15.0 Å². The zero-order valence-corrected chi connectivity index (χ0v) is 13.2. The molecule has 0 saturated heterocycles. The minimum Gasteiger partial charge on any atom is -0.383 e. The maximum absolute atomic E-state index is 5.04. The molecule has 0 radical (unpaired) electrons. The van der Waals surface area contributed by atoms with Gasteiger partial charge in [-0.25, -0.2) is 4.98 Å². The normalized spacial score (nSPS) is 14.2. The number of para-hydroxylation sites is 1. The average Bonchev–Trinajstić information content (AvgIpc) is 3.00. The summed E-state index contributed by atoms with van der Waals surface area (Å²) in [6, 6.07) is 8.65. The van der Waals surface area contributed by atoms with Crippen molar-refractivity contribution in [2.75, 3.05) is 31.7 Å². The molecule has 0 atom stereocenters. The summed E-state index contributed by atoms with van der Waals surface area (Å²) in [7, 11) is 1.72. The Bertz CT molecular complexity index is 584. The van der Waals surface area contributed by atoms with Gasteiger partial charge in [0.1, 0.15) is 0 Å². The monoisotopic (exact) mass is 303 g/mol. The van der Waals surface area contributed by atoms with Crippen molar-refractivity contribution in [2.45, 2.75) is 19.4 Å². The Morgan fingerprint density at radius 2 is 2.29 bits per heavy atom. The van der Waals surface area contributed by atoms with Crippen molar-refractivity contribution in [3.63, 3.8) is 0 Å². The highest BCUT2D eigenvalue weighted by Gasteiger charge is 2.19. The van der Waals surface area contributed by atoms with Gasteiger partial charge >= 0.3 is 0 Å². The predicted molar refractivity (Wildman–Crippen MR) is 87.5 cm³/mol. The van der Waals surface area contributed by atoms with E-state index in [0.29, 0.717) is 0 Å². The van der Waals surface area contributed by atoms with Crippen LogP contribution in [0, 0.1) is 0 Å². The Hall–Kier alpha value is -1.43. The van der Waals surface area contributed by atoms with E-state index in [4.69, 9.17) is 4.74 Å². The number of hydrogen-bond donors (Lipinski definition) is 1. The lowest BCUT2D eigenvalue weighted by atomic mass is 10.0. The summed E-state index contributed by atoms with van der Waals surface area (Å²) in [4.78, 5) is 8.23. The number of nitrogens with zero attached hydrogens (tertiary/aromatic N) is 2. The molecule has 0 saturated carbocycles. The molecule has 112 valence electrons. The summed E-state index contributed by atoms with van der Waals surface area (Å²) in [6.07, 6.45) is 4.35. The van der Waals surface area contributed by atoms with Crippen molar-refractivity contribution in [1.82, 2.24) is 10.3 Å². The second-order valence-corrected chi connectivity index (χ2v) is 6.26. The van der Waals surface area contributed by atoms with Gasteiger partial charge in [-0.15, -0.1) is 11.3 Å². The molecule has 2 heterocycles. The molecule has 21 heavy (non-hydrogen) atoms. The number of methoxy groups -OCH3 is 1. The molecule has 5 heteroatoms. The molecule has 0 spiro atoms. The third kappa shape index (κ3) is 3.43. The Labute approximate surface area is 129 Å². The van der Waals surface area contributed by atoms with Crippen molar-refractivity contribution in [2.24, 2.45) is 0 Å². The second kappa shape index (κ2) is 7.02. The van der Waals surface area contributed by atoms with Crippen LogP contribution in [0.4, 0.5) is 10.8 Å². The summed E-state index contributed by atoms with van der Waals surface area (Å²) < 4.78 is 5.04. The largest absolute Gasteiger partial charge is 0.383 e. The number of benzene rings is 1. The zero-order chi connectivity index (χ0) is 14.5. The highest BCUT2D eigenvalue weighted by Crippen LogP contribution is 2.35. The van der Waals surface area contributed by atoms with E-state index in [9.17, 15) is 0 Å². The van der Waals surface area contributed by atoms with E-state index < -0.39 is 0 Å². The van der Waals surface area contributed by atoms with Crippen LogP contribution in [0.1, 0.15) is 16.9 Å². The molecule has 0 bridgehead atoms. The number of fused-ring (bicyclic) bond motifs is 1. The molecular weight excluding hydrogens is 282 g/mol. The second-order valence-electron chi connectivity index (χ2n) is 5.16. The number of anilines is 2. The van der Waals surface area contributed by atoms with Crippen LogP contribution in [-0.4, -0.2) is 31.8 Å². The molecule has 1 aromatic heterocycles. The predicted octanol–water partition coefficient (Wildman–Crippen LogP) is 2.96. The first-order valence-corrected chi connectivity index (χ1v) is 8.20. The molecule has 0 aliphatic carbocycles. The third-order valence-electron chi connectivity index (χ3n) is 3.66. The maximum atomic E-state index is 5.04. The molecule has 0 unspecified atom stereocenters. The molecule has 3 rings (SSSR count). The molecule has 1 N–H and O–H groups in total. The van der Waals surface area contributed by atoms with E-state index in [0.717, 1.165) is 31.4 Å². The summed E-state index contributed by atoms with van der Waals surface area (Å²) in [5, 5.41) is 4.47. The molecule has 0 amide bonds. The zero-order valence-electron chi connectivity index (χ0n) is 12.3. The smallest absolute Gasteiger partial charge is 0.190 e. The topological polar surface area (TPSA) is 37.4 Å². The van der Waals surface area contributed by atoms with Crippen molar-refractivity contribution in [3.05, 3.63) is 40.9 Å². The fourth-order valence-corrected chi connectivity index (χ4v) is 3.54. The molecule has 1 aliphatic rings. The minimum absolute atomic E-state index is 0.741. The Balaban J connectivity index is 1.69. The molecule has 4 nitrogen and oxygen atoms in total. The first kappa shape index (κ1) is 14.5. The van der Waals surface area contributed by atoms with Crippen LogP contribution >= 0.6 is 11.3 Å². The summed E-state index contributed by atoms with van der Waals surface area (Å²) in [5.74, 6) is 0. The lowest BCUT2D eigenvalue weighted by Crippen LogP contribution is -2.24. The van der Waals surface area contributed by atoms with Gasteiger partial charge in [0, 0.05) is 43.5 Å². The number of ether oxygens (including phenoxy) is 1. The number of nitrogens with one attached hydrogen (secondary N) is 1. The van der Waals surface area contributed by atoms with Crippen LogP contribution in [0.2, 0.25) is 0 Å². The van der Waals surface area contributed by atoms with E-state index in [1.165, 1.54) is 29.0 Å². The first-order chi connectivity index (χ1) is 10.4. The number of rotatable bonds is 6. The van der Waals surface area contributed by atoms with Crippen molar-refractivity contribution in [3.8, 4) is 0 Å². The molecule has 1 aromatic carbocycles. The van der Waals surface area contributed by atoms with Gasteiger partial charge in [0.15, 0.2) is 5.13 Å². The highest BCUT2D eigenvalue weighted by atomic mass is 32.1. The quantitative estimate of drug-likeness (QED) is 0.833. The number of aryl methyl sites for hydroxylation is 1. The van der Waals surface area contributed by atoms with Crippen molar-refractivity contribution in [1.29, 1.82) is 0 Å². The van der Waals surface area contributed by atoms with Crippen LogP contribution in [0.25, 0.3) is 0 Å². The summed E-state index contributed by atoms with van der Waals surface area (Å²) in [6.45, 7) is 3.53. The fraction of sp³-hybridized carbons (Fsp3) is 0.438. The lowest BCUT2D eigenvalue weighted by Gasteiger charge is -2.28. The fourth-order valence-electron chi connectivity index (χ4n) is 2.62. The summed E-state index contributed by atoms with van der Waals surface area (Å²) >= 11 is 1.77. The van der Waals surface area contributed by atoms with Gasteiger partial charge in [0.05, 0.1) is 6.61 Å². The average molecular weight is 303 g/mol. The molecule has 2 aromatic rings. The van der Waals surface area contributed by atoms with Crippen molar-refractivity contribution >= 4 is 22.2 Å². The maximum Gasteiger partial charge on any atom is 0.190 e. The first-order valence-electron chi connectivity index (χ1n) is 7.38. The molecule has 0 fully saturated rings. The summed E-state index contributed by atoms with van der Waals surface area (Å²) in [5.41, 5.74) is 2.75. The lowest BCUT2D eigenvalue weighted by molar-refractivity contribution is 0.199. The van der Waals surface area contributed by atoms with Crippen LogP contribution in [0.5, 0.6) is 0 Å². The van der Waals surface area contributed by atoms with E-state index in [1.54, 1.807) is 18.4 Å². The minimum atomic E-state index is 0.741. The van der Waals surface area contributed by atoms with Gasteiger partial charge in [-0.3, -0.25) is 0 Å². The van der Waals surface area contributed by atoms with Gasteiger partial charge in [-0.2, -0.15) is 0 Å². The number of thiazole rings is 1. The Morgan fingerprint density at radius 1 is 1.38 bits per heavy atom. The van der Waals surface area contributed by atoms with Gasteiger partial charge in [0.25, 0.3) is 0 Å². The Kier molecular flexibility index (Phi) is 4.85. The number of aromatic nitrogens is 1. The Morgan fingerprint density at radius 3 is 3.19 bits per heavy atom. The van der Waals surface area contributed by atoms with Gasteiger partial charge in [-0.1, -0.05) is 18.2 Å². The van der Waals surface area contributed by atoms with Crippen LogP contribution < -0.4 is 10.2 Å².